The molecule has 0 fully saturated rings. The largest absolute Gasteiger partial charge is 0.505 e. The predicted octanol–water partition coefficient (Wildman–Crippen LogP) is 2.45. The number of fused-ring (bicyclic) bond motifs is 1. The van der Waals surface area contributed by atoms with Crippen LogP contribution in [0.15, 0.2) is 18.2 Å². The summed E-state index contributed by atoms with van der Waals surface area (Å²) in [6.45, 7) is 3.17. The third-order valence-corrected chi connectivity index (χ3v) is 2.37. The van der Waals surface area contributed by atoms with Gasteiger partial charge in [0.2, 0.25) is 5.91 Å². The number of carbonyl (C=O) groups is 1. The van der Waals surface area contributed by atoms with E-state index >= 15 is 0 Å². The minimum absolute atomic E-state index is 0.174. The average molecular weight is 207 g/mol. The minimum atomic E-state index is -0.719. The number of benzene rings is 1. The summed E-state index contributed by atoms with van der Waals surface area (Å²) in [7, 11) is 0. The van der Waals surface area contributed by atoms with Crippen LogP contribution in [0.5, 0.6) is 5.75 Å². The van der Waals surface area contributed by atoms with E-state index in [9.17, 15) is 14.3 Å². The molecule has 0 aliphatic rings. The van der Waals surface area contributed by atoms with Crippen LogP contribution in [0.2, 0.25) is 0 Å². The molecule has 0 atom stereocenters. The van der Waals surface area contributed by atoms with Gasteiger partial charge in [-0.1, -0.05) is 0 Å². The first-order valence-electron chi connectivity index (χ1n) is 4.52. The number of phenols is 1. The summed E-state index contributed by atoms with van der Waals surface area (Å²) in [5.74, 6) is -1.29. The smallest absolute Gasteiger partial charge is 0.228 e. The number of hydrogen-bond acceptors (Lipinski definition) is 2. The van der Waals surface area contributed by atoms with E-state index in [4.69, 9.17) is 0 Å². The van der Waals surface area contributed by atoms with Gasteiger partial charge < -0.3 is 5.11 Å². The number of rotatable bonds is 0. The molecular weight excluding hydrogens is 197 g/mol. The summed E-state index contributed by atoms with van der Waals surface area (Å²) in [5.41, 5.74) is 1.21. The van der Waals surface area contributed by atoms with E-state index in [0.717, 1.165) is 5.69 Å². The van der Waals surface area contributed by atoms with Gasteiger partial charge in [-0.05, 0) is 19.1 Å². The highest BCUT2D eigenvalue weighted by Gasteiger charge is 2.12. The molecule has 0 aliphatic heterocycles. The second-order valence-corrected chi connectivity index (χ2v) is 3.50. The van der Waals surface area contributed by atoms with E-state index in [2.05, 4.69) is 0 Å². The molecule has 1 aromatic carbocycles. The summed E-state index contributed by atoms with van der Waals surface area (Å²) in [4.78, 5) is 11.3. The highest BCUT2D eigenvalue weighted by Crippen LogP contribution is 2.26. The normalized spacial score (nSPS) is 10.9. The number of nitrogens with zero attached hydrogens (tertiary/aromatic N) is 1. The van der Waals surface area contributed by atoms with Crippen molar-refractivity contribution < 1.29 is 14.3 Å². The van der Waals surface area contributed by atoms with Gasteiger partial charge in [0.15, 0.2) is 11.6 Å². The lowest BCUT2D eigenvalue weighted by atomic mass is 10.2. The SMILES string of the molecule is CC(=O)n1c(C)cc2cc(O)c(F)cc21. The molecule has 2 rings (SSSR count). The van der Waals surface area contributed by atoms with Gasteiger partial charge in [-0.25, -0.2) is 4.39 Å². The van der Waals surface area contributed by atoms with Gasteiger partial charge in [0, 0.05) is 24.1 Å². The third kappa shape index (κ3) is 1.38. The number of aromatic hydroxyl groups is 1. The van der Waals surface area contributed by atoms with Crippen molar-refractivity contribution in [3.63, 3.8) is 0 Å². The van der Waals surface area contributed by atoms with Crippen molar-refractivity contribution >= 4 is 16.8 Å². The standard InChI is InChI=1S/C11H10FNO2/c1-6-3-8-4-11(15)9(12)5-10(8)13(6)7(2)14/h3-5,15H,1-2H3. The fourth-order valence-corrected chi connectivity index (χ4v) is 1.77. The van der Waals surface area contributed by atoms with Crippen molar-refractivity contribution in [1.29, 1.82) is 0 Å². The first-order valence-corrected chi connectivity index (χ1v) is 4.52. The van der Waals surface area contributed by atoms with E-state index in [-0.39, 0.29) is 5.91 Å². The Morgan fingerprint density at radius 1 is 1.40 bits per heavy atom. The Kier molecular flexibility index (Phi) is 2.00. The molecule has 0 aliphatic carbocycles. The zero-order chi connectivity index (χ0) is 11.2. The molecular formula is C11H10FNO2. The Hall–Kier alpha value is -1.84. The monoisotopic (exact) mass is 207 g/mol. The van der Waals surface area contributed by atoms with Crippen LogP contribution in [0.4, 0.5) is 4.39 Å². The Morgan fingerprint density at radius 2 is 2.07 bits per heavy atom. The molecule has 1 N–H and O–H groups in total. The number of halogens is 1. The molecule has 1 aromatic heterocycles. The number of phenolic OH excluding ortho intramolecular Hbond substituents is 1. The van der Waals surface area contributed by atoms with E-state index in [1.54, 1.807) is 13.0 Å². The van der Waals surface area contributed by atoms with Crippen LogP contribution in [0.25, 0.3) is 10.9 Å². The first kappa shape index (κ1) is 9.71. The van der Waals surface area contributed by atoms with Crippen LogP contribution < -0.4 is 0 Å². The van der Waals surface area contributed by atoms with Crippen LogP contribution in [0, 0.1) is 12.7 Å². The van der Waals surface area contributed by atoms with Crippen molar-refractivity contribution in [3.05, 3.63) is 29.7 Å². The van der Waals surface area contributed by atoms with Crippen molar-refractivity contribution in [2.75, 3.05) is 0 Å². The minimum Gasteiger partial charge on any atom is -0.505 e. The van der Waals surface area contributed by atoms with Crippen molar-refractivity contribution in [2.45, 2.75) is 13.8 Å². The maximum atomic E-state index is 13.1. The van der Waals surface area contributed by atoms with E-state index in [1.807, 2.05) is 0 Å². The summed E-state index contributed by atoms with van der Waals surface area (Å²) in [6.07, 6.45) is 0. The van der Waals surface area contributed by atoms with Crippen molar-refractivity contribution in [3.8, 4) is 5.75 Å². The van der Waals surface area contributed by atoms with Gasteiger partial charge >= 0.3 is 0 Å². The Bertz CT molecular complexity index is 557. The number of carbonyl (C=O) groups excluding carboxylic acids is 1. The lowest BCUT2D eigenvalue weighted by Gasteiger charge is -2.02. The third-order valence-electron chi connectivity index (χ3n) is 2.37. The fourth-order valence-electron chi connectivity index (χ4n) is 1.77. The van der Waals surface area contributed by atoms with Crippen molar-refractivity contribution in [2.24, 2.45) is 0 Å². The van der Waals surface area contributed by atoms with E-state index < -0.39 is 11.6 Å². The predicted molar refractivity (Wildman–Crippen MR) is 54.6 cm³/mol. The molecule has 0 unspecified atom stereocenters. The van der Waals surface area contributed by atoms with E-state index in [0.29, 0.717) is 10.9 Å². The Labute approximate surface area is 85.7 Å². The molecule has 1 heterocycles. The molecule has 78 valence electrons. The molecule has 4 heteroatoms. The van der Waals surface area contributed by atoms with Gasteiger partial charge in [0.25, 0.3) is 0 Å². The molecule has 2 aromatic rings. The summed E-state index contributed by atoms with van der Waals surface area (Å²) >= 11 is 0. The molecule has 15 heavy (non-hydrogen) atoms. The summed E-state index contributed by atoms with van der Waals surface area (Å²) < 4.78 is 14.5. The molecule has 0 amide bonds. The zero-order valence-electron chi connectivity index (χ0n) is 8.41. The zero-order valence-corrected chi connectivity index (χ0v) is 8.41. The summed E-state index contributed by atoms with van der Waals surface area (Å²) in [6, 6.07) is 4.21. The van der Waals surface area contributed by atoms with Gasteiger partial charge in [0.05, 0.1) is 5.52 Å². The number of hydrogen-bond donors (Lipinski definition) is 1. The quantitative estimate of drug-likeness (QED) is 0.721. The lowest BCUT2D eigenvalue weighted by Crippen LogP contribution is -2.06. The van der Waals surface area contributed by atoms with Gasteiger partial charge in [-0.2, -0.15) is 0 Å². The molecule has 0 spiro atoms. The van der Waals surface area contributed by atoms with Crippen LogP contribution in [-0.4, -0.2) is 15.6 Å². The maximum absolute atomic E-state index is 13.1. The topological polar surface area (TPSA) is 42.2 Å². The van der Waals surface area contributed by atoms with Gasteiger partial charge in [0.1, 0.15) is 0 Å². The van der Waals surface area contributed by atoms with Crippen LogP contribution in [-0.2, 0) is 0 Å². The molecule has 0 saturated heterocycles. The lowest BCUT2D eigenvalue weighted by molar-refractivity contribution is 0.0939. The van der Waals surface area contributed by atoms with Crippen LogP contribution in [0.3, 0.4) is 0 Å². The first-order chi connectivity index (χ1) is 7.00. The highest BCUT2D eigenvalue weighted by molar-refractivity contribution is 5.93. The van der Waals surface area contributed by atoms with E-state index in [1.165, 1.54) is 23.6 Å². The van der Waals surface area contributed by atoms with Crippen LogP contribution in [0.1, 0.15) is 17.4 Å². The van der Waals surface area contributed by atoms with Crippen molar-refractivity contribution in [1.82, 2.24) is 4.57 Å². The summed E-state index contributed by atoms with van der Waals surface area (Å²) in [5, 5.41) is 9.84. The molecule has 0 radical (unpaired) electrons. The molecule has 0 bridgehead atoms. The fraction of sp³-hybridized carbons (Fsp3) is 0.182. The number of aryl methyl sites for hydroxylation is 1. The Morgan fingerprint density at radius 3 is 2.67 bits per heavy atom. The second-order valence-electron chi connectivity index (χ2n) is 3.50. The molecule has 0 saturated carbocycles. The second kappa shape index (κ2) is 3.08. The maximum Gasteiger partial charge on any atom is 0.228 e. The Balaban J connectivity index is 2.87. The average Bonchev–Trinajstić information content (AvgIpc) is 2.41. The molecule has 3 nitrogen and oxygen atoms in total. The highest BCUT2D eigenvalue weighted by atomic mass is 19.1. The number of aromatic nitrogens is 1. The van der Waals surface area contributed by atoms with Crippen LogP contribution >= 0.6 is 0 Å². The van der Waals surface area contributed by atoms with Gasteiger partial charge in [-0.15, -0.1) is 0 Å². The van der Waals surface area contributed by atoms with Gasteiger partial charge in [-0.3, -0.25) is 9.36 Å².